The Labute approximate surface area is 160 Å². The molecule has 1 heterocycles. The van der Waals surface area contributed by atoms with Crippen LogP contribution in [0.15, 0.2) is 77.0 Å². The van der Waals surface area contributed by atoms with E-state index in [1.54, 1.807) is 0 Å². The van der Waals surface area contributed by atoms with Gasteiger partial charge in [0, 0.05) is 11.1 Å². The Morgan fingerprint density at radius 1 is 1.00 bits per heavy atom. The summed E-state index contributed by atoms with van der Waals surface area (Å²) < 4.78 is 0. The van der Waals surface area contributed by atoms with Crippen molar-refractivity contribution in [2.75, 3.05) is 5.75 Å². The summed E-state index contributed by atoms with van der Waals surface area (Å²) in [6.07, 6.45) is 0. The van der Waals surface area contributed by atoms with Crippen LogP contribution < -0.4 is 0 Å². The molecule has 1 aromatic heterocycles. The quantitative estimate of drug-likeness (QED) is 0.448. The Morgan fingerprint density at radius 3 is 2.67 bits per heavy atom. The molecule has 2 N–H and O–H groups in total. The average molecular weight is 375 g/mol. The molecule has 5 nitrogen and oxygen atoms in total. The highest BCUT2D eigenvalue weighted by Crippen LogP contribution is 2.35. The Kier molecular flexibility index (Phi) is 4.89. The van der Waals surface area contributed by atoms with E-state index in [2.05, 4.69) is 45.5 Å². The molecule has 134 valence electrons. The zero-order valence-electron chi connectivity index (χ0n) is 14.4. The summed E-state index contributed by atoms with van der Waals surface area (Å²) in [5.74, 6) is 0.547. The summed E-state index contributed by atoms with van der Waals surface area (Å²) in [6.45, 7) is 0. The lowest BCUT2D eigenvalue weighted by Crippen LogP contribution is -1.96. The van der Waals surface area contributed by atoms with Crippen molar-refractivity contribution in [1.82, 2.24) is 4.98 Å². The van der Waals surface area contributed by atoms with Gasteiger partial charge in [0.2, 0.25) is 5.88 Å². The van der Waals surface area contributed by atoms with E-state index in [4.69, 9.17) is 0 Å². The molecule has 0 aliphatic rings. The number of thioether (sulfide) groups is 1. The third-order valence-electron chi connectivity index (χ3n) is 4.23. The number of H-pyrrole nitrogens is 1. The second-order valence-electron chi connectivity index (χ2n) is 6.14. The number of rotatable bonds is 5. The topological polar surface area (TPSA) is 77.8 Å². The van der Waals surface area contributed by atoms with Gasteiger partial charge in [0.05, 0.1) is 11.3 Å². The van der Waals surface area contributed by atoms with Crippen LogP contribution in [-0.4, -0.2) is 21.8 Å². The number of hydrogen-bond donors (Lipinski definition) is 2. The van der Waals surface area contributed by atoms with Gasteiger partial charge < -0.3 is 10.1 Å². The number of para-hydroxylation sites is 1. The lowest BCUT2D eigenvalue weighted by Gasteiger charge is -2.02. The van der Waals surface area contributed by atoms with Crippen LogP contribution in [0, 0.1) is 0 Å². The van der Waals surface area contributed by atoms with Crippen LogP contribution in [0.4, 0.5) is 5.69 Å². The number of carbonyl (C=O) groups is 1. The monoisotopic (exact) mass is 375 g/mol. The van der Waals surface area contributed by atoms with Crippen LogP contribution in [0.1, 0.15) is 5.56 Å². The van der Waals surface area contributed by atoms with Gasteiger partial charge in [-0.05, 0) is 22.4 Å². The van der Waals surface area contributed by atoms with Gasteiger partial charge in [-0.15, -0.1) is 22.0 Å². The van der Waals surface area contributed by atoms with Gasteiger partial charge in [0.25, 0.3) is 5.91 Å². The molecule has 1 amide bonds. The third kappa shape index (κ3) is 3.85. The van der Waals surface area contributed by atoms with Crippen LogP contribution in [0.2, 0.25) is 0 Å². The zero-order chi connectivity index (χ0) is 18.6. The highest BCUT2D eigenvalue weighted by Gasteiger charge is 2.10. The van der Waals surface area contributed by atoms with Crippen molar-refractivity contribution in [3.8, 4) is 5.88 Å². The van der Waals surface area contributed by atoms with Crippen LogP contribution in [-0.2, 0) is 10.5 Å². The second kappa shape index (κ2) is 7.63. The SMILES string of the molecule is O=C(CSCc1ccc2ccccc2c1)N=Nc1c(O)[nH]c2ccccc12. The largest absolute Gasteiger partial charge is 0.493 e. The lowest BCUT2D eigenvalue weighted by atomic mass is 10.1. The summed E-state index contributed by atoms with van der Waals surface area (Å²) in [5.41, 5.74) is 2.21. The van der Waals surface area contributed by atoms with E-state index in [1.807, 2.05) is 36.4 Å². The third-order valence-corrected chi connectivity index (χ3v) is 5.22. The number of fused-ring (bicyclic) bond motifs is 2. The molecule has 0 saturated heterocycles. The Hall–Kier alpha value is -3.12. The number of aromatic amines is 1. The minimum absolute atomic E-state index is 0.0865. The molecule has 0 aliphatic heterocycles. The highest BCUT2D eigenvalue weighted by molar-refractivity contribution is 7.99. The second-order valence-corrected chi connectivity index (χ2v) is 7.12. The molecule has 0 bridgehead atoms. The minimum Gasteiger partial charge on any atom is -0.493 e. The summed E-state index contributed by atoms with van der Waals surface area (Å²) in [7, 11) is 0. The first-order valence-corrected chi connectivity index (χ1v) is 9.66. The van der Waals surface area contributed by atoms with Gasteiger partial charge >= 0.3 is 0 Å². The number of nitrogens with one attached hydrogen (secondary N) is 1. The molecule has 0 unspecified atom stereocenters. The number of azo groups is 1. The molecule has 0 fully saturated rings. The van der Waals surface area contributed by atoms with Gasteiger partial charge in [0.1, 0.15) is 0 Å². The van der Waals surface area contributed by atoms with E-state index in [-0.39, 0.29) is 17.5 Å². The van der Waals surface area contributed by atoms with Crippen LogP contribution in [0.3, 0.4) is 0 Å². The van der Waals surface area contributed by atoms with E-state index in [1.165, 1.54) is 22.5 Å². The first kappa shape index (κ1) is 17.3. The first-order chi connectivity index (χ1) is 13.2. The maximum Gasteiger partial charge on any atom is 0.274 e. The highest BCUT2D eigenvalue weighted by atomic mass is 32.2. The van der Waals surface area contributed by atoms with E-state index in [9.17, 15) is 9.90 Å². The van der Waals surface area contributed by atoms with E-state index in [0.717, 1.165) is 22.2 Å². The number of aromatic nitrogens is 1. The minimum atomic E-state index is -0.328. The molecular formula is C21H17N3O2S. The summed E-state index contributed by atoms with van der Waals surface area (Å²) in [4.78, 5) is 14.8. The van der Waals surface area contributed by atoms with Gasteiger partial charge in [-0.2, -0.15) is 0 Å². The van der Waals surface area contributed by atoms with Gasteiger partial charge in [-0.25, -0.2) is 0 Å². The smallest absolute Gasteiger partial charge is 0.274 e. The fraction of sp³-hybridized carbons (Fsp3) is 0.0952. The van der Waals surface area contributed by atoms with Gasteiger partial charge in [-0.3, -0.25) is 4.79 Å². The van der Waals surface area contributed by atoms with Crippen molar-refractivity contribution in [1.29, 1.82) is 0 Å². The molecule has 6 heteroatoms. The number of amides is 1. The zero-order valence-corrected chi connectivity index (χ0v) is 15.2. The normalized spacial score (nSPS) is 11.6. The standard InChI is InChI=1S/C21H17N3O2S/c25-19(23-24-20-17-7-3-4-8-18(17)22-21(20)26)13-27-12-14-9-10-15-5-1-2-6-16(15)11-14/h1-11,22,26H,12-13H2. The summed E-state index contributed by atoms with van der Waals surface area (Å²) >= 11 is 1.49. The Morgan fingerprint density at radius 2 is 1.78 bits per heavy atom. The van der Waals surface area contributed by atoms with E-state index in [0.29, 0.717) is 5.69 Å². The average Bonchev–Trinajstić information content (AvgIpc) is 3.01. The van der Waals surface area contributed by atoms with Crippen molar-refractivity contribution < 1.29 is 9.90 Å². The van der Waals surface area contributed by atoms with Crippen molar-refractivity contribution in [2.24, 2.45) is 10.2 Å². The molecule has 3 aromatic carbocycles. The van der Waals surface area contributed by atoms with Crippen molar-refractivity contribution in [3.63, 3.8) is 0 Å². The molecular weight excluding hydrogens is 358 g/mol. The number of hydrogen-bond acceptors (Lipinski definition) is 4. The molecule has 0 saturated carbocycles. The number of aromatic hydroxyl groups is 1. The maximum atomic E-state index is 12.0. The molecule has 27 heavy (non-hydrogen) atoms. The fourth-order valence-electron chi connectivity index (χ4n) is 2.93. The van der Waals surface area contributed by atoms with E-state index >= 15 is 0 Å². The Balaban J connectivity index is 1.37. The van der Waals surface area contributed by atoms with Crippen LogP contribution in [0.5, 0.6) is 5.88 Å². The van der Waals surface area contributed by atoms with Crippen LogP contribution in [0.25, 0.3) is 21.7 Å². The lowest BCUT2D eigenvalue weighted by molar-refractivity contribution is -0.115. The Bertz CT molecular complexity index is 1150. The molecule has 4 rings (SSSR count). The van der Waals surface area contributed by atoms with Crippen molar-refractivity contribution in [2.45, 2.75) is 5.75 Å². The molecule has 4 aromatic rings. The predicted molar refractivity (Wildman–Crippen MR) is 110 cm³/mol. The number of carbonyl (C=O) groups excluding carboxylic acids is 1. The molecule has 0 spiro atoms. The predicted octanol–water partition coefficient (Wildman–Crippen LogP) is 5.57. The van der Waals surface area contributed by atoms with Crippen molar-refractivity contribution >= 4 is 45.0 Å². The van der Waals surface area contributed by atoms with Gasteiger partial charge in [0.15, 0.2) is 5.69 Å². The summed E-state index contributed by atoms with van der Waals surface area (Å²) in [5, 5.41) is 20.7. The summed E-state index contributed by atoms with van der Waals surface area (Å²) in [6, 6.07) is 21.8. The molecule has 0 radical (unpaired) electrons. The van der Waals surface area contributed by atoms with Crippen LogP contribution >= 0.6 is 11.8 Å². The molecule has 0 atom stereocenters. The molecule has 0 aliphatic carbocycles. The first-order valence-electron chi connectivity index (χ1n) is 8.50. The number of nitrogens with zero attached hydrogens (tertiary/aromatic N) is 2. The number of benzene rings is 3. The maximum absolute atomic E-state index is 12.0. The van der Waals surface area contributed by atoms with Gasteiger partial charge in [-0.1, -0.05) is 60.7 Å². The fourth-order valence-corrected chi connectivity index (χ4v) is 3.68. The van der Waals surface area contributed by atoms with Crippen molar-refractivity contribution in [3.05, 3.63) is 72.3 Å². The van der Waals surface area contributed by atoms with E-state index < -0.39 is 0 Å².